The van der Waals surface area contributed by atoms with Crippen molar-refractivity contribution in [3.63, 3.8) is 0 Å². The zero-order valence-electron chi connectivity index (χ0n) is 17.0. The normalized spacial score (nSPS) is 11.3. The van der Waals surface area contributed by atoms with Gasteiger partial charge in [-0.15, -0.1) is 13.2 Å². The molecule has 3 aromatic carbocycles. The molecule has 0 fully saturated rings. The van der Waals surface area contributed by atoms with Crippen LogP contribution < -0.4 is 14.8 Å². The van der Waals surface area contributed by atoms with Crippen molar-refractivity contribution in [1.29, 1.82) is 0 Å². The zero-order valence-corrected chi connectivity index (χ0v) is 17.8. The Bertz CT molecular complexity index is 974. The van der Waals surface area contributed by atoms with Crippen molar-refractivity contribution in [3.8, 4) is 22.6 Å². The average Bonchev–Trinajstić information content (AvgIpc) is 2.74. The highest BCUT2D eigenvalue weighted by Gasteiger charge is 2.30. The lowest BCUT2D eigenvalue weighted by Gasteiger charge is -2.14. The fourth-order valence-corrected chi connectivity index (χ4v) is 3.33. The number of hydrogen-bond donors (Lipinski definition) is 1. The Morgan fingerprint density at radius 3 is 2.19 bits per heavy atom. The summed E-state index contributed by atoms with van der Waals surface area (Å²) in [6.07, 6.45) is -1.73. The Labute approximate surface area is 184 Å². The number of alkyl halides is 3. The van der Waals surface area contributed by atoms with Crippen LogP contribution in [0.5, 0.6) is 11.5 Å². The van der Waals surface area contributed by atoms with Gasteiger partial charge in [0.2, 0.25) is 0 Å². The molecule has 0 aliphatic rings. The minimum absolute atomic E-state index is 0.246. The molecule has 0 bridgehead atoms. The first-order chi connectivity index (χ1) is 14.8. The van der Waals surface area contributed by atoms with Crippen molar-refractivity contribution in [2.75, 3.05) is 19.0 Å². The Kier molecular flexibility index (Phi) is 7.69. The summed E-state index contributed by atoms with van der Waals surface area (Å²) in [4.78, 5) is 0. The number of methoxy groups -OCH3 is 1. The summed E-state index contributed by atoms with van der Waals surface area (Å²) in [6, 6.07) is 19.3. The number of anilines is 1. The van der Waals surface area contributed by atoms with E-state index in [0.29, 0.717) is 5.75 Å². The molecule has 0 aliphatic carbocycles. The van der Waals surface area contributed by atoms with E-state index in [1.165, 1.54) is 17.7 Å². The van der Waals surface area contributed by atoms with Crippen molar-refractivity contribution >= 4 is 17.3 Å². The summed E-state index contributed by atoms with van der Waals surface area (Å²) in [6.45, 7) is 0.770. The first kappa shape index (κ1) is 22.8. The molecule has 0 saturated carbocycles. The minimum atomic E-state index is -4.70. The molecule has 0 radical (unpaired) electrons. The van der Waals surface area contributed by atoms with Crippen LogP contribution in [0.2, 0.25) is 5.02 Å². The van der Waals surface area contributed by atoms with Crippen LogP contribution >= 0.6 is 11.6 Å². The third-order valence-corrected chi connectivity index (χ3v) is 4.99. The van der Waals surface area contributed by atoms with Crippen LogP contribution in [0.4, 0.5) is 18.9 Å². The quantitative estimate of drug-likeness (QED) is 0.346. The number of unbranched alkanes of at least 4 members (excludes halogenated alkanes) is 1. The number of nitrogens with one attached hydrogen (secondary N) is 1. The van der Waals surface area contributed by atoms with E-state index in [9.17, 15) is 13.2 Å². The largest absolute Gasteiger partial charge is 0.573 e. The van der Waals surface area contributed by atoms with Gasteiger partial charge in [-0.3, -0.25) is 0 Å². The van der Waals surface area contributed by atoms with Gasteiger partial charge in [0.25, 0.3) is 0 Å². The van der Waals surface area contributed by atoms with E-state index >= 15 is 0 Å². The maximum Gasteiger partial charge on any atom is 0.573 e. The predicted octanol–water partition coefficient (Wildman–Crippen LogP) is 7.35. The fourth-order valence-electron chi connectivity index (χ4n) is 3.20. The number of halogens is 4. The molecule has 0 saturated heterocycles. The van der Waals surface area contributed by atoms with E-state index < -0.39 is 6.36 Å². The highest BCUT2D eigenvalue weighted by Crippen LogP contribution is 2.32. The Hall–Kier alpha value is -2.86. The average molecular weight is 450 g/mol. The summed E-state index contributed by atoms with van der Waals surface area (Å²) in [5.41, 5.74) is 3.73. The van der Waals surface area contributed by atoms with Gasteiger partial charge in [-0.05, 0) is 72.4 Å². The molecule has 3 rings (SSSR count). The molecule has 0 aromatic heterocycles. The second kappa shape index (κ2) is 10.4. The van der Waals surface area contributed by atoms with E-state index in [1.54, 1.807) is 19.2 Å². The third-order valence-electron chi connectivity index (χ3n) is 4.74. The summed E-state index contributed by atoms with van der Waals surface area (Å²) >= 11 is 5.91. The lowest BCUT2D eigenvalue weighted by atomic mass is 10.0. The lowest BCUT2D eigenvalue weighted by Crippen LogP contribution is -2.16. The van der Waals surface area contributed by atoms with Crippen molar-refractivity contribution < 1.29 is 22.6 Å². The van der Waals surface area contributed by atoms with Crippen molar-refractivity contribution in [2.45, 2.75) is 25.6 Å². The monoisotopic (exact) mass is 449 g/mol. The lowest BCUT2D eigenvalue weighted by molar-refractivity contribution is -0.274. The second-order valence-electron chi connectivity index (χ2n) is 7.00. The molecule has 0 aliphatic heterocycles. The van der Waals surface area contributed by atoms with Gasteiger partial charge in [0.1, 0.15) is 11.5 Å². The molecule has 164 valence electrons. The first-order valence-electron chi connectivity index (χ1n) is 9.86. The van der Waals surface area contributed by atoms with Gasteiger partial charge in [-0.25, -0.2) is 0 Å². The predicted molar refractivity (Wildman–Crippen MR) is 118 cm³/mol. The van der Waals surface area contributed by atoms with Gasteiger partial charge in [0.05, 0.1) is 12.8 Å². The van der Waals surface area contributed by atoms with Crippen LogP contribution in [0.15, 0.2) is 66.7 Å². The van der Waals surface area contributed by atoms with Crippen LogP contribution in [0.1, 0.15) is 18.4 Å². The molecule has 1 N–H and O–H groups in total. The molecule has 0 unspecified atom stereocenters. The molecule has 31 heavy (non-hydrogen) atoms. The van der Waals surface area contributed by atoms with E-state index in [0.717, 1.165) is 47.6 Å². The van der Waals surface area contributed by atoms with Gasteiger partial charge in [0.15, 0.2) is 0 Å². The highest BCUT2D eigenvalue weighted by atomic mass is 35.5. The van der Waals surface area contributed by atoms with Gasteiger partial charge in [0, 0.05) is 11.6 Å². The molecule has 0 heterocycles. The standard InChI is InChI=1S/C24H23ClF3NO2/c1-30-23-14-9-19(18-7-12-21(13-8-18)31-24(26,27)28)16-22(23)29-15-3-2-4-17-5-10-20(25)11-6-17/h5-14,16,29H,2-4,15H2,1H3. The van der Waals surface area contributed by atoms with Crippen LogP contribution in [-0.4, -0.2) is 20.0 Å². The van der Waals surface area contributed by atoms with Crippen LogP contribution in [0.25, 0.3) is 11.1 Å². The number of benzene rings is 3. The fraction of sp³-hybridized carbons (Fsp3) is 0.250. The van der Waals surface area contributed by atoms with Crippen molar-refractivity contribution in [3.05, 3.63) is 77.3 Å². The summed E-state index contributed by atoms with van der Waals surface area (Å²) in [7, 11) is 1.60. The molecule has 0 atom stereocenters. The van der Waals surface area contributed by atoms with E-state index in [2.05, 4.69) is 10.1 Å². The molecule has 3 nitrogen and oxygen atoms in total. The Balaban J connectivity index is 1.59. The number of aryl methyl sites for hydroxylation is 1. The van der Waals surface area contributed by atoms with Gasteiger partial charge in [-0.2, -0.15) is 0 Å². The summed E-state index contributed by atoms with van der Waals surface area (Å²) in [5.74, 6) is 0.460. The van der Waals surface area contributed by atoms with Crippen molar-refractivity contribution in [1.82, 2.24) is 0 Å². The molecule has 7 heteroatoms. The zero-order chi connectivity index (χ0) is 22.3. The second-order valence-corrected chi connectivity index (χ2v) is 7.43. The number of hydrogen-bond acceptors (Lipinski definition) is 3. The molecule has 0 spiro atoms. The molecular formula is C24H23ClF3NO2. The van der Waals surface area contributed by atoms with Crippen LogP contribution in [-0.2, 0) is 6.42 Å². The molecule has 0 amide bonds. The minimum Gasteiger partial charge on any atom is -0.495 e. The van der Waals surface area contributed by atoms with Gasteiger partial charge >= 0.3 is 6.36 Å². The SMILES string of the molecule is COc1ccc(-c2ccc(OC(F)(F)F)cc2)cc1NCCCCc1ccc(Cl)cc1. The summed E-state index contributed by atoms with van der Waals surface area (Å²) in [5, 5.41) is 4.13. The smallest absolute Gasteiger partial charge is 0.495 e. The first-order valence-corrected chi connectivity index (χ1v) is 10.2. The topological polar surface area (TPSA) is 30.5 Å². The van der Waals surface area contributed by atoms with Crippen molar-refractivity contribution in [2.24, 2.45) is 0 Å². The van der Waals surface area contributed by atoms with E-state index in [-0.39, 0.29) is 5.75 Å². The molecular weight excluding hydrogens is 427 g/mol. The number of rotatable bonds is 9. The summed E-state index contributed by atoms with van der Waals surface area (Å²) < 4.78 is 46.4. The van der Waals surface area contributed by atoms with Gasteiger partial charge < -0.3 is 14.8 Å². The van der Waals surface area contributed by atoms with E-state index in [4.69, 9.17) is 16.3 Å². The van der Waals surface area contributed by atoms with Crippen LogP contribution in [0, 0.1) is 0 Å². The highest BCUT2D eigenvalue weighted by molar-refractivity contribution is 6.30. The van der Waals surface area contributed by atoms with Gasteiger partial charge in [-0.1, -0.05) is 41.9 Å². The van der Waals surface area contributed by atoms with E-state index in [1.807, 2.05) is 42.5 Å². The Morgan fingerprint density at radius 1 is 0.871 bits per heavy atom. The third kappa shape index (κ3) is 7.10. The molecule has 3 aromatic rings. The maximum absolute atomic E-state index is 12.3. The number of ether oxygens (including phenoxy) is 2. The maximum atomic E-state index is 12.3. The van der Waals surface area contributed by atoms with Crippen LogP contribution in [0.3, 0.4) is 0 Å². The Morgan fingerprint density at radius 2 is 1.55 bits per heavy atom.